The van der Waals surface area contributed by atoms with Crippen molar-refractivity contribution in [3.8, 4) is 17.1 Å². The number of amides is 1. The van der Waals surface area contributed by atoms with Crippen molar-refractivity contribution in [3.63, 3.8) is 0 Å². The fourth-order valence-electron chi connectivity index (χ4n) is 2.66. The molecule has 1 amide bonds. The van der Waals surface area contributed by atoms with Crippen molar-refractivity contribution in [1.29, 1.82) is 0 Å². The number of nitrogens with zero attached hydrogens (tertiary/aromatic N) is 3. The predicted molar refractivity (Wildman–Crippen MR) is 113 cm³/mol. The van der Waals surface area contributed by atoms with Crippen LogP contribution < -0.4 is 5.32 Å². The van der Waals surface area contributed by atoms with Gasteiger partial charge in [-0.25, -0.2) is 9.97 Å². The van der Waals surface area contributed by atoms with Crippen LogP contribution >= 0.6 is 12.4 Å². The van der Waals surface area contributed by atoms with E-state index in [0.717, 1.165) is 16.9 Å². The van der Waals surface area contributed by atoms with Crippen molar-refractivity contribution in [3.05, 3.63) is 65.9 Å². The number of anilines is 2. The Labute approximate surface area is 170 Å². The summed E-state index contributed by atoms with van der Waals surface area (Å²) in [5, 5.41) is 13.3. The Morgan fingerprint density at radius 2 is 1.82 bits per heavy atom. The summed E-state index contributed by atoms with van der Waals surface area (Å²) in [4.78, 5) is 22.4. The zero-order valence-corrected chi connectivity index (χ0v) is 16.8. The molecule has 0 bridgehead atoms. The Morgan fingerprint density at radius 3 is 2.54 bits per heavy atom. The zero-order chi connectivity index (χ0) is 19.4. The number of phenolic OH excluding ortho intramolecular Hbond substituents is 1. The number of nitrogens with one attached hydrogen (secondary N) is 1. The Kier molecular flexibility index (Phi) is 6.95. The van der Waals surface area contributed by atoms with E-state index in [0.29, 0.717) is 23.6 Å². The molecule has 0 aliphatic carbocycles. The number of rotatable bonds is 5. The van der Waals surface area contributed by atoms with Crippen LogP contribution in [0.5, 0.6) is 5.75 Å². The molecular formula is C21H23ClN4O2. The summed E-state index contributed by atoms with van der Waals surface area (Å²) < 4.78 is 0. The quantitative estimate of drug-likeness (QED) is 0.680. The highest BCUT2D eigenvalue weighted by Gasteiger charge is 2.10. The number of hydrogen-bond acceptors (Lipinski definition) is 5. The molecule has 0 saturated carbocycles. The summed E-state index contributed by atoms with van der Waals surface area (Å²) >= 11 is 0. The number of halogens is 1. The number of likely N-dealkylation sites (N-methyl/N-ethyl adjacent to an activating group) is 1. The van der Waals surface area contributed by atoms with E-state index in [1.165, 1.54) is 0 Å². The van der Waals surface area contributed by atoms with Crippen LogP contribution in [0.1, 0.15) is 11.3 Å². The number of benzene rings is 2. The van der Waals surface area contributed by atoms with Gasteiger partial charge in [0.05, 0.1) is 12.0 Å². The van der Waals surface area contributed by atoms with Crippen molar-refractivity contribution in [2.75, 3.05) is 19.4 Å². The van der Waals surface area contributed by atoms with Gasteiger partial charge in [0.1, 0.15) is 11.6 Å². The molecule has 146 valence electrons. The van der Waals surface area contributed by atoms with Gasteiger partial charge < -0.3 is 15.3 Å². The molecule has 1 aromatic heterocycles. The first-order valence-electron chi connectivity index (χ1n) is 8.62. The lowest BCUT2D eigenvalue weighted by Gasteiger charge is -2.12. The molecule has 0 aliphatic heterocycles. The molecule has 0 atom stereocenters. The summed E-state index contributed by atoms with van der Waals surface area (Å²) in [6.45, 7) is 1.88. The van der Waals surface area contributed by atoms with Crippen molar-refractivity contribution < 1.29 is 9.90 Å². The van der Waals surface area contributed by atoms with Gasteiger partial charge in [-0.05, 0) is 36.8 Å². The summed E-state index contributed by atoms with van der Waals surface area (Å²) in [7, 11) is 3.49. The monoisotopic (exact) mass is 398 g/mol. The summed E-state index contributed by atoms with van der Waals surface area (Å²) in [6, 6.07) is 16.5. The number of para-hydroxylation sites is 1. The highest BCUT2D eigenvalue weighted by Crippen LogP contribution is 2.27. The number of carbonyl (C=O) groups excluding carboxylic acids is 1. The second-order valence-corrected chi connectivity index (χ2v) is 6.53. The average Bonchev–Trinajstić information content (AvgIpc) is 2.61. The fourth-order valence-corrected chi connectivity index (χ4v) is 2.66. The van der Waals surface area contributed by atoms with Crippen LogP contribution in [0.4, 0.5) is 11.5 Å². The summed E-state index contributed by atoms with van der Waals surface area (Å²) in [5.74, 6) is 1.26. The van der Waals surface area contributed by atoms with Crippen LogP contribution in [0.2, 0.25) is 0 Å². The van der Waals surface area contributed by atoms with Crippen molar-refractivity contribution >= 4 is 29.8 Å². The summed E-state index contributed by atoms with van der Waals surface area (Å²) in [6.07, 6.45) is 0.342. The minimum absolute atomic E-state index is 0. The molecule has 28 heavy (non-hydrogen) atoms. The first-order chi connectivity index (χ1) is 12.9. The number of aryl methyl sites for hydroxylation is 1. The lowest BCUT2D eigenvalue weighted by atomic mass is 10.1. The van der Waals surface area contributed by atoms with Crippen LogP contribution in [0.3, 0.4) is 0 Å². The van der Waals surface area contributed by atoms with Crippen LogP contribution in [-0.4, -0.2) is 40.0 Å². The van der Waals surface area contributed by atoms with E-state index in [2.05, 4.69) is 15.3 Å². The van der Waals surface area contributed by atoms with Gasteiger partial charge in [-0.3, -0.25) is 4.79 Å². The highest BCUT2D eigenvalue weighted by atomic mass is 35.5. The third kappa shape index (κ3) is 5.20. The molecule has 2 aromatic carbocycles. The van der Waals surface area contributed by atoms with Crippen molar-refractivity contribution in [2.24, 2.45) is 0 Å². The Morgan fingerprint density at radius 1 is 1.07 bits per heavy atom. The van der Waals surface area contributed by atoms with Gasteiger partial charge in [0.15, 0.2) is 5.82 Å². The molecule has 0 fully saturated rings. The number of hydrogen-bond donors (Lipinski definition) is 2. The van der Waals surface area contributed by atoms with E-state index < -0.39 is 0 Å². The van der Waals surface area contributed by atoms with E-state index in [9.17, 15) is 9.90 Å². The highest BCUT2D eigenvalue weighted by molar-refractivity contribution is 5.85. The van der Waals surface area contributed by atoms with Crippen LogP contribution in [-0.2, 0) is 11.2 Å². The molecule has 3 rings (SSSR count). The number of phenols is 1. The van der Waals surface area contributed by atoms with Gasteiger partial charge in [0.25, 0.3) is 0 Å². The number of carbonyl (C=O) groups is 1. The van der Waals surface area contributed by atoms with Crippen LogP contribution in [0, 0.1) is 6.92 Å². The normalized spacial score (nSPS) is 10.1. The van der Waals surface area contributed by atoms with Crippen LogP contribution in [0.15, 0.2) is 54.6 Å². The van der Waals surface area contributed by atoms with Gasteiger partial charge in [0.2, 0.25) is 5.91 Å². The van der Waals surface area contributed by atoms with Gasteiger partial charge >= 0.3 is 0 Å². The first-order valence-corrected chi connectivity index (χ1v) is 8.62. The number of aromatic hydroxyl groups is 1. The van der Waals surface area contributed by atoms with Gasteiger partial charge in [-0.15, -0.1) is 12.4 Å². The molecule has 0 radical (unpaired) electrons. The second kappa shape index (κ2) is 9.19. The van der Waals surface area contributed by atoms with Gasteiger partial charge in [-0.2, -0.15) is 0 Å². The van der Waals surface area contributed by atoms with Crippen LogP contribution in [0.25, 0.3) is 11.4 Å². The molecule has 1 heterocycles. The molecule has 0 spiro atoms. The molecule has 6 nitrogen and oxygen atoms in total. The maximum Gasteiger partial charge on any atom is 0.226 e. The minimum atomic E-state index is 0. The van der Waals surface area contributed by atoms with E-state index in [4.69, 9.17) is 0 Å². The maximum atomic E-state index is 11.9. The molecule has 2 N–H and O–H groups in total. The molecule has 0 unspecified atom stereocenters. The first kappa shape index (κ1) is 21.2. The maximum absolute atomic E-state index is 11.9. The van der Waals surface area contributed by atoms with Crippen molar-refractivity contribution in [1.82, 2.24) is 14.9 Å². The zero-order valence-electron chi connectivity index (χ0n) is 16.0. The van der Waals surface area contributed by atoms with E-state index in [1.807, 2.05) is 43.3 Å². The topological polar surface area (TPSA) is 78.4 Å². The molecule has 3 aromatic rings. The van der Waals surface area contributed by atoms with Crippen molar-refractivity contribution in [2.45, 2.75) is 13.3 Å². The second-order valence-electron chi connectivity index (χ2n) is 6.53. The molecule has 7 heteroatoms. The smallest absolute Gasteiger partial charge is 0.226 e. The lowest BCUT2D eigenvalue weighted by Crippen LogP contribution is -2.23. The molecular weight excluding hydrogens is 376 g/mol. The number of aromatic nitrogens is 2. The lowest BCUT2D eigenvalue weighted by molar-refractivity contribution is -0.127. The standard InChI is InChI=1S/C21H22N4O2.ClH/c1-14-11-19(24-21(22-14)17-9-4-5-10-18(17)26)23-16-8-6-7-15(12-16)13-20(27)25(2)3;/h4-12,26H,13H2,1-3H3,(H,22,23,24);1H. The minimum Gasteiger partial charge on any atom is -0.507 e. The predicted octanol–water partition coefficient (Wildman–Crippen LogP) is 3.95. The summed E-state index contributed by atoms with van der Waals surface area (Å²) in [5.41, 5.74) is 3.12. The van der Waals surface area contributed by atoms with E-state index in [1.54, 1.807) is 37.2 Å². The fraction of sp³-hybridized carbons (Fsp3) is 0.190. The largest absolute Gasteiger partial charge is 0.507 e. The Bertz CT molecular complexity index is 976. The Balaban J connectivity index is 0.00000280. The average molecular weight is 399 g/mol. The SMILES string of the molecule is Cc1cc(Nc2cccc(CC(=O)N(C)C)c2)nc(-c2ccccc2O)n1.Cl. The third-order valence-electron chi connectivity index (χ3n) is 4.05. The third-order valence-corrected chi connectivity index (χ3v) is 4.05. The van der Waals surface area contributed by atoms with E-state index in [-0.39, 0.29) is 24.1 Å². The van der Waals surface area contributed by atoms with Gasteiger partial charge in [0, 0.05) is 31.5 Å². The molecule has 0 saturated heterocycles. The molecule has 0 aliphatic rings. The Hall–Kier alpha value is -3.12. The van der Waals surface area contributed by atoms with Gasteiger partial charge in [-0.1, -0.05) is 24.3 Å². The van der Waals surface area contributed by atoms with E-state index >= 15 is 0 Å².